The van der Waals surface area contributed by atoms with Crippen molar-refractivity contribution < 1.29 is 9.53 Å². The SMILES string of the molecule is CNC(C(=O)NCCOc1cccc(Br)c1)c1cnn(C)c1.Cl. The fourth-order valence-electron chi connectivity index (χ4n) is 2.04. The van der Waals surface area contributed by atoms with Crippen LogP contribution in [0.4, 0.5) is 0 Å². The molecule has 6 nitrogen and oxygen atoms in total. The van der Waals surface area contributed by atoms with E-state index in [4.69, 9.17) is 4.74 Å². The normalized spacial score (nSPS) is 11.4. The van der Waals surface area contributed by atoms with Gasteiger partial charge in [0.25, 0.3) is 0 Å². The zero-order valence-corrected chi connectivity index (χ0v) is 15.4. The minimum absolute atomic E-state index is 0. The second kappa shape index (κ2) is 9.54. The Balaban J connectivity index is 0.00000264. The lowest BCUT2D eigenvalue weighted by Crippen LogP contribution is -2.37. The second-order valence-electron chi connectivity index (χ2n) is 4.77. The van der Waals surface area contributed by atoms with Gasteiger partial charge in [-0.2, -0.15) is 5.10 Å². The van der Waals surface area contributed by atoms with E-state index in [1.165, 1.54) is 0 Å². The topological polar surface area (TPSA) is 68.2 Å². The predicted octanol–water partition coefficient (Wildman–Crippen LogP) is 2.06. The Bertz CT molecular complexity index is 635. The number of aryl methyl sites for hydroxylation is 1. The van der Waals surface area contributed by atoms with Crippen LogP contribution in [0.5, 0.6) is 5.75 Å². The van der Waals surface area contributed by atoms with Crippen molar-refractivity contribution in [2.45, 2.75) is 6.04 Å². The number of ether oxygens (including phenoxy) is 1. The summed E-state index contributed by atoms with van der Waals surface area (Å²) in [6, 6.07) is 7.17. The van der Waals surface area contributed by atoms with Crippen LogP contribution >= 0.6 is 28.3 Å². The van der Waals surface area contributed by atoms with Crippen LogP contribution in [0.15, 0.2) is 41.1 Å². The molecule has 2 aromatic rings. The first-order valence-corrected chi connectivity index (χ1v) is 7.71. The quantitative estimate of drug-likeness (QED) is 0.695. The van der Waals surface area contributed by atoms with Gasteiger partial charge in [0, 0.05) is 23.3 Å². The summed E-state index contributed by atoms with van der Waals surface area (Å²) in [6.45, 7) is 0.843. The third-order valence-electron chi connectivity index (χ3n) is 3.08. The van der Waals surface area contributed by atoms with E-state index in [0.717, 1.165) is 15.8 Å². The van der Waals surface area contributed by atoms with Gasteiger partial charge in [0.05, 0.1) is 12.7 Å². The Kier molecular flexibility index (Phi) is 8.08. The van der Waals surface area contributed by atoms with Crippen molar-refractivity contribution in [3.8, 4) is 5.75 Å². The summed E-state index contributed by atoms with van der Waals surface area (Å²) in [4.78, 5) is 12.2. The maximum absolute atomic E-state index is 12.2. The molecule has 1 amide bonds. The smallest absolute Gasteiger partial charge is 0.241 e. The van der Waals surface area contributed by atoms with E-state index < -0.39 is 6.04 Å². The number of halogens is 2. The van der Waals surface area contributed by atoms with Crippen LogP contribution < -0.4 is 15.4 Å². The summed E-state index contributed by atoms with van der Waals surface area (Å²) in [5.41, 5.74) is 0.829. The predicted molar refractivity (Wildman–Crippen MR) is 94.9 cm³/mol. The molecule has 0 saturated carbocycles. The van der Waals surface area contributed by atoms with Crippen molar-refractivity contribution in [1.82, 2.24) is 20.4 Å². The standard InChI is InChI=1S/C15H19BrN4O2.ClH/c1-17-14(11-9-19-20(2)10-11)15(21)18-6-7-22-13-5-3-4-12(16)8-13;/h3-5,8-10,14,17H,6-7H2,1-2H3,(H,18,21);1H. The molecule has 0 fully saturated rings. The monoisotopic (exact) mass is 402 g/mol. The summed E-state index contributed by atoms with van der Waals surface area (Å²) in [5.74, 6) is 0.661. The van der Waals surface area contributed by atoms with Crippen LogP contribution in [0.3, 0.4) is 0 Å². The third kappa shape index (κ3) is 5.85. The number of amides is 1. The van der Waals surface area contributed by atoms with Crippen LogP contribution in [0.25, 0.3) is 0 Å². The van der Waals surface area contributed by atoms with E-state index in [0.29, 0.717) is 13.2 Å². The van der Waals surface area contributed by atoms with E-state index in [1.54, 1.807) is 17.9 Å². The van der Waals surface area contributed by atoms with Gasteiger partial charge in [-0.1, -0.05) is 22.0 Å². The van der Waals surface area contributed by atoms with Crippen LogP contribution in [-0.4, -0.2) is 35.9 Å². The molecule has 0 spiro atoms. The number of nitrogens with zero attached hydrogens (tertiary/aromatic N) is 2. The van der Waals surface area contributed by atoms with Crippen molar-refractivity contribution in [3.05, 3.63) is 46.7 Å². The average molecular weight is 404 g/mol. The Morgan fingerprint density at radius 2 is 2.26 bits per heavy atom. The van der Waals surface area contributed by atoms with Crippen LogP contribution in [0, 0.1) is 0 Å². The Morgan fingerprint density at radius 3 is 2.87 bits per heavy atom. The Labute approximate surface area is 150 Å². The lowest BCUT2D eigenvalue weighted by molar-refractivity contribution is -0.123. The molecule has 1 aromatic carbocycles. The summed E-state index contributed by atoms with van der Waals surface area (Å²) in [6.07, 6.45) is 3.50. The number of benzene rings is 1. The van der Waals surface area contributed by atoms with Crippen molar-refractivity contribution in [2.24, 2.45) is 7.05 Å². The molecule has 23 heavy (non-hydrogen) atoms. The zero-order chi connectivity index (χ0) is 15.9. The molecule has 8 heteroatoms. The van der Waals surface area contributed by atoms with Gasteiger partial charge in [-0.05, 0) is 25.2 Å². The highest BCUT2D eigenvalue weighted by Crippen LogP contribution is 2.17. The van der Waals surface area contributed by atoms with Gasteiger partial charge in [0.2, 0.25) is 5.91 Å². The van der Waals surface area contributed by atoms with Gasteiger partial charge in [-0.15, -0.1) is 12.4 Å². The number of aromatic nitrogens is 2. The molecular weight excluding hydrogens is 384 g/mol. The minimum Gasteiger partial charge on any atom is -0.492 e. The Hall–Kier alpha value is -1.57. The largest absolute Gasteiger partial charge is 0.492 e. The van der Waals surface area contributed by atoms with Crippen molar-refractivity contribution in [1.29, 1.82) is 0 Å². The first-order valence-electron chi connectivity index (χ1n) is 6.92. The molecule has 2 rings (SSSR count). The molecule has 0 saturated heterocycles. The molecule has 0 radical (unpaired) electrons. The number of hydrogen-bond acceptors (Lipinski definition) is 4. The number of rotatable bonds is 7. The van der Waals surface area contributed by atoms with Gasteiger partial charge in [0.15, 0.2) is 0 Å². The fourth-order valence-corrected chi connectivity index (χ4v) is 2.42. The number of carbonyl (C=O) groups is 1. The zero-order valence-electron chi connectivity index (χ0n) is 13.0. The summed E-state index contributed by atoms with van der Waals surface area (Å²) in [5, 5.41) is 9.92. The highest BCUT2D eigenvalue weighted by molar-refractivity contribution is 9.10. The molecule has 0 bridgehead atoms. The van der Waals surface area contributed by atoms with Gasteiger partial charge in [-0.25, -0.2) is 0 Å². The molecule has 0 aliphatic rings. The first kappa shape index (κ1) is 19.5. The number of nitrogens with one attached hydrogen (secondary N) is 2. The highest BCUT2D eigenvalue weighted by atomic mass is 79.9. The van der Waals surface area contributed by atoms with Crippen molar-refractivity contribution in [3.63, 3.8) is 0 Å². The van der Waals surface area contributed by atoms with Gasteiger partial charge < -0.3 is 15.4 Å². The van der Waals surface area contributed by atoms with E-state index in [1.807, 2.05) is 37.5 Å². The van der Waals surface area contributed by atoms with E-state index in [2.05, 4.69) is 31.7 Å². The minimum atomic E-state index is -0.417. The van der Waals surface area contributed by atoms with Crippen LogP contribution in [-0.2, 0) is 11.8 Å². The van der Waals surface area contributed by atoms with Gasteiger partial charge >= 0.3 is 0 Å². The average Bonchev–Trinajstić information content (AvgIpc) is 2.91. The lowest BCUT2D eigenvalue weighted by atomic mass is 10.1. The number of carbonyl (C=O) groups excluding carboxylic acids is 1. The summed E-state index contributed by atoms with van der Waals surface area (Å²) in [7, 11) is 3.56. The lowest BCUT2D eigenvalue weighted by Gasteiger charge is -2.14. The molecule has 126 valence electrons. The number of hydrogen-bond donors (Lipinski definition) is 2. The molecule has 1 unspecified atom stereocenters. The van der Waals surface area contributed by atoms with Gasteiger partial charge in [0.1, 0.15) is 18.4 Å². The van der Waals surface area contributed by atoms with E-state index >= 15 is 0 Å². The molecule has 0 aliphatic carbocycles. The second-order valence-corrected chi connectivity index (χ2v) is 5.68. The third-order valence-corrected chi connectivity index (χ3v) is 3.57. The molecule has 1 aromatic heterocycles. The van der Waals surface area contributed by atoms with Gasteiger partial charge in [-0.3, -0.25) is 9.48 Å². The molecule has 2 N–H and O–H groups in total. The first-order chi connectivity index (χ1) is 10.6. The molecule has 1 atom stereocenters. The maximum atomic E-state index is 12.2. The number of likely N-dealkylation sites (N-methyl/N-ethyl adjacent to an activating group) is 1. The van der Waals surface area contributed by atoms with Crippen molar-refractivity contribution in [2.75, 3.05) is 20.2 Å². The van der Waals surface area contributed by atoms with Crippen LogP contribution in [0.2, 0.25) is 0 Å². The Morgan fingerprint density at radius 1 is 1.48 bits per heavy atom. The molecule has 0 aliphatic heterocycles. The summed E-state index contributed by atoms with van der Waals surface area (Å²) < 4.78 is 8.21. The van der Waals surface area contributed by atoms with E-state index in [9.17, 15) is 4.79 Å². The van der Waals surface area contributed by atoms with E-state index in [-0.39, 0.29) is 18.3 Å². The van der Waals surface area contributed by atoms with Crippen molar-refractivity contribution >= 4 is 34.2 Å². The highest BCUT2D eigenvalue weighted by Gasteiger charge is 2.19. The molecular formula is C15H20BrClN4O2. The molecule has 1 heterocycles. The summed E-state index contributed by atoms with van der Waals surface area (Å²) >= 11 is 3.38. The maximum Gasteiger partial charge on any atom is 0.241 e. The van der Waals surface area contributed by atoms with Crippen LogP contribution in [0.1, 0.15) is 11.6 Å². The fraction of sp³-hybridized carbons (Fsp3) is 0.333.